The van der Waals surface area contributed by atoms with E-state index < -0.39 is 0 Å². The first-order chi connectivity index (χ1) is 9.22. The quantitative estimate of drug-likeness (QED) is 0.829. The SMILES string of the molecule is CCCc1nc(COc2cccc(Cl)c2)sc1C#N. The molecular formula is C14H13ClN2OS. The van der Waals surface area contributed by atoms with Gasteiger partial charge in [-0.1, -0.05) is 31.0 Å². The molecule has 0 fully saturated rings. The van der Waals surface area contributed by atoms with Gasteiger partial charge in [0.05, 0.1) is 5.69 Å². The first-order valence-electron chi connectivity index (χ1n) is 6.00. The lowest BCUT2D eigenvalue weighted by atomic mass is 10.2. The number of aryl methyl sites for hydroxylation is 1. The van der Waals surface area contributed by atoms with Gasteiger partial charge in [-0.05, 0) is 24.6 Å². The van der Waals surface area contributed by atoms with Crippen molar-refractivity contribution in [3.8, 4) is 11.8 Å². The van der Waals surface area contributed by atoms with Crippen LogP contribution in [-0.4, -0.2) is 4.98 Å². The van der Waals surface area contributed by atoms with Crippen molar-refractivity contribution < 1.29 is 4.74 Å². The molecule has 0 saturated heterocycles. The van der Waals surface area contributed by atoms with Crippen LogP contribution in [0.2, 0.25) is 5.02 Å². The van der Waals surface area contributed by atoms with E-state index in [1.54, 1.807) is 12.1 Å². The lowest BCUT2D eigenvalue weighted by molar-refractivity contribution is 0.305. The minimum absolute atomic E-state index is 0.364. The van der Waals surface area contributed by atoms with E-state index in [2.05, 4.69) is 18.0 Å². The molecule has 98 valence electrons. The Morgan fingerprint density at radius 1 is 1.47 bits per heavy atom. The van der Waals surface area contributed by atoms with Crippen LogP contribution < -0.4 is 4.74 Å². The highest BCUT2D eigenvalue weighted by atomic mass is 35.5. The molecule has 1 aromatic heterocycles. The molecule has 0 radical (unpaired) electrons. The summed E-state index contributed by atoms with van der Waals surface area (Å²) >= 11 is 7.28. The summed E-state index contributed by atoms with van der Waals surface area (Å²) in [5.41, 5.74) is 0.875. The summed E-state index contributed by atoms with van der Waals surface area (Å²) in [6.07, 6.45) is 1.81. The van der Waals surface area contributed by atoms with Crippen LogP contribution in [0.3, 0.4) is 0 Å². The minimum atomic E-state index is 0.364. The molecule has 1 heterocycles. The number of hydrogen-bond acceptors (Lipinski definition) is 4. The van der Waals surface area contributed by atoms with Crippen molar-refractivity contribution in [3.63, 3.8) is 0 Å². The third-order valence-electron chi connectivity index (χ3n) is 2.49. The summed E-state index contributed by atoms with van der Waals surface area (Å²) in [6, 6.07) is 9.42. The van der Waals surface area contributed by atoms with Gasteiger partial charge in [-0.15, -0.1) is 11.3 Å². The average Bonchev–Trinajstić information content (AvgIpc) is 2.79. The van der Waals surface area contributed by atoms with Crippen molar-refractivity contribution in [3.05, 3.63) is 44.9 Å². The molecule has 5 heteroatoms. The van der Waals surface area contributed by atoms with Gasteiger partial charge in [0, 0.05) is 5.02 Å². The van der Waals surface area contributed by atoms with Crippen molar-refractivity contribution in [2.24, 2.45) is 0 Å². The second kappa shape index (κ2) is 6.55. The van der Waals surface area contributed by atoms with Crippen LogP contribution in [0.15, 0.2) is 24.3 Å². The number of benzene rings is 1. The summed E-state index contributed by atoms with van der Waals surface area (Å²) in [4.78, 5) is 5.13. The van der Waals surface area contributed by atoms with Gasteiger partial charge in [0.1, 0.15) is 28.3 Å². The van der Waals surface area contributed by atoms with E-state index in [1.165, 1.54) is 11.3 Å². The van der Waals surface area contributed by atoms with Crippen LogP contribution >= 0.6 is 22.9 Å². The van der Waals surface area contributed by atoms with Gasteiger partial charge >= 0.3 is 0 Å². The number of thiazole rings is 1. The van der Waals surface area contributed by atoms with Crippen molar-refractivity contribution in [1.82, 2.24) is 4.98 Å². The molecule has 0 atom stereocenters. The molecule has 0 N–H and O–H groups in total. The predicted molar refractivity (Wildman–Crippen MR) is 76.6 cm³/mol. The number of rotatable bonds is 5. The monoisotopic (exact) mass is 292 g/mol. The normalized spacial score (nSPS) is 10.2. The second-order valence-corrected chi connectivity index (χ2v) is 5.51. The van der Waals surface area contributed by atoms with Gasteiger partial charge in [0.25, 0.3) is 0 Å². The number of ether oxygens (including phenoxy) is 1. The molecule has 3 nitrogen and oxygen atoms in total. The van der Waals surface area contributed by atoms with E-state index in [0.29, 0.717) is 22.3 Å². The Morgan fingerprint density at radius 3 is 3.00 bits per heavy atom. The number of hydrogen-bond donors (Lipinski definition) is 0. The fourth-order valence-electron chi connectivity index (χ4n) is 1.66. The molecule has 0 unspecified atom stereocenters. The summed E-state index contributed by atoms with van der Waals surface area (Å²) < 4.78 is 5.62. The van der Waals surface area contributed by atoms with Gasteiger partial charge in [0.2, 0.25) is 0 Å². The van der Waals surface area contributed by atoms with Crippen molar-refractivity contribution in [1.29, 1.82) is 5.26 Å². The van der Waals surface area contributed by atoms with Gasteiger partial charge < -0.3 is 4.74 Å². The maximum absolute atomic E-state index is 9.04. The standard InChI is InChI=1S/C14H13ClN2OS/c1-2-4-12-13(8-16)19-14(17-12)9-18-11-6-3-5-10(15)7-11/h3,5-7H,2,4,9H2,1H3. The highest BCUT2D eigenvalue weighted by Gasteiger charge is 2.10. The van der Waals surface area contributed by atoms with E-state index in [1.807, 2.05) is 12.1 Å². The molecule has 0 amide bonds. The summed E-state index contributed by atoms with van der Waals surface area (Å²) in [5.74, 6) is 0.707. The van der Waals surface area contributed by atoms with Crippen LogP contribution in [0.4, 0.5) is 0 Å². The van der Waals surface area contributed by atoms with Gasteiger partial charge in [0.15, 0.2) is 0 Å². The number of nitriles is 1. The Kier molecular flexibility index (Phi) is 4.78. The molecule has 0 aliphatic rings. The van der Waals surface area contributed by atoms with Crippen molar-refractivity contribution >= 4 is 22.9 Å². The van der Waals surface area contributed by atoms with Crippen molar-refractivity contribution in [2.75, 3.05) is 0 Å². The Morgan fingerprint density at radius 2 is 2.32 bits per heavy atom. The van der Waals surface area contributed by atoms with Crippen LogP contribution in [0.1, 0.15) is 28.9 Å². The van der Waals surface area contributed by atoms with E-state index in [0.717, 1.165) is 23.5 Å². The summed E-state index contributed by atoms with van der Waals surface area (Å²) in [5, 5.41) is 10.5. The van der Waals surface area contributed by atoms with Crippen molar-refractivity contribution in [2.45, 2.75) is 26.4 Å². The molecule has 1 aromatic carbocycles. The largest absolute Gasteiger partial charge is 0.486 e. The fraction of sp³-hybridized carbons (Fsp3) is 0.286. The smallest absolute Gasteiger partial charge is 0.140 e. The maximum Gasteiger partial charge on any atom is 0.140 e. The second-order valence-electron chi connectivity index (χ2n) is 3.99. The third kappa shape index (κ3) is 3.69. The Balaban J connectivity index is 2.06. The highest BCUT2D eigenvalue weighted by molar-refractivity contribution is 7.12. The molecule has 2 rings (SSSR count). The maximum atomic E-state index is 9.04. The Labute approximate surface area is 121 Å². The molecule has 2 aromatic rings. The molecule has 0 aliphatic carbocycles. The highest BCUT2D eigenvalue weighted by Crippen LogP contribution is 2.22. The third-order valence-corrected chi connectivity index (χ3v) is 3.70. The van der Waals surface area contributed by atoms with Crippen LogP contribution in [0, 0.1) is 11.3 Å². The molecule has 0 spiro atoms. The molecule has 0 bridgehead atoms. The zero-order valence-electron chi connectivity index (χ0n) is 10.5. The first-order valence-corrected chi connectivity index (χ1v) is 7.19. The summed E-state index contributed by atoms with van der Waals surface area (Å²) in [7, 11) is 0. The Hall–Kier alpha value is -1.57. The van der Waals surface area contributed by atoms with Crippen LogP contribution in [0.5, 0.6) is 5.75 Å². The lowest BCUT2D eigenvalue weighted by Crippen LogP contribution is -1.95. The zero-order valence-corrected chi connectivity index (χ0v) is 12.1. The summed E-state index contributed by atoms with van der Waals surface area (Å²) in [6.45, 7) is 2.44. The lowest BCUT2D eigenvalue weighted by Gasteiger charge is -2.03. The Bertz CT molecular complexity index is 604. The van der Waals surface area contributed by atoms with Gasteiger partial charge in [-0.25, -0.2) is 4.98 Å². The van der Waals surface area contributed by atoms with Gasteiger partial charge in [-0.3, -0.25) is 0 Å². The minimum Gasteiger partial charge on any atom is -0.486 e. The average molecular weight is 293 g/mol. The number of halogens is 1. The zero-order chi connectivity index (χ0) is 13.7. The topological polar surface area (TPSA) is 45.9 Å². The van der Waals surface area contributed by atoms with E-state index >= 15 is 0 Å². The van der Waals surface area contributed by atoms with Crippen LogP contribution in [0.25, 0.3) is 0 Å². The van der Waals surface area contributed by atoms with Crippen LogP contribution in [-0.2, 0) is 13.0 Å². The number of nitrogens with zero attached hydrogens (tertiary/aromatic N) is 2. The predicted octanol–water partition coefficient (Wildman–Crippen LogP) is 4.20. The first kappa shape index (κ1) is 13.9. The fourth-order valence-corrected chi connectivity index (χ4v) is 2.66. The van der Waals surface area contributed by atoms with E-state index in [9.17, 15) is 0 Å². The molecule has 0 saturated carbocycles. The van der Waals surface area contributed by atoms with Gasteiger partial charge in [-0.2, -0.15) is 5.26 Å². The van der Waals surface area contributed by atoms with E-state index in [-0.39, 0.29) is 0 Å². The number of aromatic nitrogens is 1. The molecular weight excluding hydrogens is 280 g/mol. The molecule has 0 aliphatic heterocycles. The van der Waals surface area contributed by atoms with E-state index in [4.69, 9.17) is 21.6 Å². The molecule has 19 heavy (non-hydrogen) atoms.